The number of rotatable bonds is 15. The van der Waals surface area contributed by atoms with Crippen molar-refractivity contribution in [2.24, 2.45) is 0 Å². The van der Waals surface area contributed by atoms with Gasteiger partial charge in [0.25, 0.3) is 0 Å². The first-order chi connectivity index (χ1) is 26.8. The zero-order valence-corrected chi connectivity index (χ0v) is 30.3. The van der Waals surface area contributed by atoms with Gasteiger partial charge in [-0.05, 0) is 47.9 Å². The molecule has 0 aliphatic carbocycles. The van der Waals surface area contributed by atoms with Crippen molar-refractivity contribution in [3.8, 4) is 23.0 Å². The minimum absolute atomic E-state index is 0.120. The smallest absolute Gasteiger partial charge is 0.331 e. The molecule has 0 spiro atoms. The summed E-state index contributed by atoms with van der Waals surface area (Å²) in [5, 5.41) is 104. The summed E-state index contributed by atoms with van der Waals surface area (Å²) in [6.07, 6.45) is -21.4. The SMILES string of the molecule is COc1ccc(CCOC2OC(CO)C(OC(=O)C=Cc3ccc(O)c(OC)c3)C(OC3OC(CO)C(O)C(O)C3O)C2OC2OCC(O)C(O)C2O)cc1O. The van der Waals surface area contributed by atoms with Gasteiger partial charge in [-0.15, -0.1) is 0 Å². The zero-order chi connectivity index (χ0) is 40.7. The van der Waals surface area contributed by atoms with E-state index in [1.165, 1.54) is 50.6 Å². The van der Waals surface area contributed by atoms with Gasteiger partial charge in [-0.25, -0.2) is 4.79 Å². The van der Waals surface area contributed by atoms with Crippen molar-refractivity contribution in [2.75, 3.05) is 40.6 Å². The van der Waals surface area contributed by atoms with Gasteiger partial charge in [-0.1, -0.05) is 12.1 Å². The van der Waals surface area contributed by atoms with Gasteiger partial charge in [0.15, 0.2) is 48.0 Å². The summed E-state index contributed by atoms with van der Waals surface area (Å²) in [5.41, 5.74) is 1.01. The maximum Gasteiger partial charge on any atom is 0.331 e. The molecule has 56 heavy (non-hydrogen) atoms. The van der Waals surface area contributed by atoms with E-state index in [2.05, 4.69) is 0 Å². The van der Waals surface area contributed by atoms with E-state index >= 15 is 0 Å². The summed E-state index contributed by atoms with van der Waals surface area (Å²) >= 11 is 0. The molecular weight excluding hydrogens is 752 g/mol. The Morgan fingerprint density at radius 2 is 1.41 bits per heavy atom. The Morgan fingerprint density at radius 1 is 0.732 bits per heavy atom. The number of phenols is 2. The fraction of sp³-hybridized carbons (Fsp3) is 0.583. The number of carbonyl (C=O) groups excluding carboxylic acids is 1. The molecule has 2 aromatic rings. The lowest BCUT2D eigenvalue weighted by Gasteiger charge is -2.49. The van der Waals surface area contributed by atoms with Crippen molar-refractivity contribution in [2.45, 2.75) is 92.4 Å². The summed E-state index contributed by atoms with van der Waals surface area (Å²) in [7, 11) is 2.73. The van der Waals surface area contributed by atoms with Gasteiger partial charge >= 0.3 is 5.97 Å². The second-order valence-electron chi connectivity index (χ2n) is 13.2. The van der Waals surface area contributed by atoms with Crippen LogP contribution in [0, 0.1) is 0 Å². The van der Waals surface area contributed by atoms with Crippen molar-refractivity contribution >= 4 is 12.0 Å². The van der Waals surface area contributed by atoms with Crippen LogP contribution >= 0.6 is 0 Å². The number of aliphatic hydroxyl groups excluding tert-OH is 8. The minimum atomic E-state index is -1.97. The summed E-state index contributed by atoms with van der Waals surface area (Å²) < 4.78 is 51.3. The van der Waals surface area contributed by atoms with Crippen molar-refractivity contribution in [3.05, 3.63) is 53.6 Å². The average Bonchev–Trinajstić information content (AvgIpc) is 3.19. The quantitative estimate of drug-likeness (QED) is 0.0635. The molecule has 5 rings (SSSR count). The highest BCUT2D eigenvalue weighted by atomic mass is 16.8. The van der Waals surface area contributed by atoms with E-state index in [0.717, 1.165) is 6.08 Å². The third-order valence-corrected chi connectivity index (χ3v) is 9.44. The van der Waals surface area contributed by atoms with E-state index in [9.17, 15) is 55.9 Å². The number of benzene rings is 2. The Morgan fingerprint density at radius 3 is 2.09 bits per heavy atom. The molecule has 0 aromatic heterocycles. The lowest BCUT2D eigenvalue weighted by Crippen LogP contribution is -2.67. The van der Waals surface area contributed by atoms with E-state index in [4.69, 9.17) is 42.6 Å². The van der Waals surface area contributed by atoms with Crippen LogP contribution in [0.15, 0.2) is 42.5 Å². The number of hydrogen-bond acceptors (Lipinski definition) is 20. The average molecular weight is 801 g/mol. The molecule has 20 nitrogen and oxygen atoms in total. The highest BCUT2D eigenvalue weighted by Crippen LogP contribution is 2.35. The minimum Gasteiger partial charge on any atom is -0.504 e. The van der Waals surface area contributed by atoms with Gasteiger partial charge < -0.3 is 93.7 Å². The molecule has 3 heterocycles. The van der Waals surface area contributed by atoms with Crippen LogP contribution in [0.1, 0.15) is 11.1 Å². The van der Waals surface area contributed by atoms with E-state index in [1.54, 1.807) is 6.07 Å². The third-order valence-electron chi connectivity index (χ3n) is 9.44. The van der Waals surface area contributed by atoms with Crippen LogP contribution in [0.4, 0.5) is 0 Å². The van der Waals surface area contributed by atoms with Crippen LogP contribution in [-0.2, 0) is 44.4 Å². The van der Waals surface area contributed by atoms with Gasteiger partial charge in [0.2, 0.25) is 0 Å². The monoisotopic (exact) mass is 800 g/mol. The second-order valence-corrected chi connectivity index (χ2v) is 13.2. The third kappa shape index (κ3) is 10.0. The van der Waals surface area contributed by atoms with E-state index in [-0.39, 0.29) is 36.0 Å². The predicted octanol–water partition coefficient (Wildman–Crippen LogP) is -2.97. The Hall–Kier alpha value is -3.71. The van der Waals surface area contributed by atoms with Gasteiger partial charge in [0, 0.05) is 6.08 Å². The summed E-state index contributed by atoms with van der Waals surface area (Å²) in [5.74, 6) is -0.967. The van der Waals surface area contributed by atoms with Crippen molar-refractivity contribution in [1.29, 1.82) is 0 Å². The lowest BCUT2D eigenvalue weighted by molar-refractivity contribution is -0.386. The number of esters is 1. The summed E-state index contributed by atoms with van der Waals surface area (Å²) in [6.45, 7) is -2.30. The predicted molar refractivity (Wildman–Crippen MR) is 185 cm³/mol. The van der Waals surface area contributed by atoms with Crippen LogP contribution in [0.2, 0.25) is 0 Å². The first-order valence-electron chi connectivity index (χ1n) is 17.6. The number of ether oxygens (including phenoxy) is 9. The highest BCUT2D eigenvalue weighted by Gasteiger charge is 2.55. The molecule has 312 valence electrons. The summed E-state index contributed by atoms with van der Waals surface area (Å²) in [6, 6.07) is 8.89. The van der Waals surface area contributed by atoms with Crippen LogP contribution in [0.5, 0.6) is 23.0 Å². The second kappa shape index (κ2) is 19.6. The van der Waals surface area contributed by atoms with Crippen LogP contribution < -0.4 is 9.47 Å². The molecular formula is C36H48O20. The zero-order valence-electron chi connectivity index (χ0n) is 30.3. The number of phenolic OH excluding ortho intramolecular Hbond substituents is 2. The number of carbonyl (C=O) groups is 1. The maximum atomic E-state index is 13.4. The summed E-state index contributed by atoms with van der Waals surface area (Å²) in [4.78, 5) is 13.4. The van der Waals surface area contributed by atoms with Crippen molar-refractivity contribution in [1.82, 2.24) is 0 Å². The number of methoxy groups -OCH3 is 2. The number of hydrogen-bond donors (Lipinski definition) is 10. The first-order valence-corrected chi connectivity index (χ1v) is 17.6. The van der Waals surface area contributed by atoms with Gasteiger partial charge in [-0.3, -0.25) is 0 Å². The van der Waals surface area contributed by atoms with Gasteiger partial charge in [-0.2, -0.15) is 0 Å². The largest absolute Gasteiger partial charge is 0.504 e. The molecule has 3 fully saturated rings. The Kier molecular flexibility index (Phi) is 15.2. The maximum absolute atomic E-state index is 13.4. The Labute approximate surface area is 320 Å². The Bertz CT molecular complexity index is 1610. The Balaban J connectivity index is 1.49. The molecule has 2 aromatic carbocycles. The fourth-order valence-electron chi connectivity index (χ4n) is 6.31. The number of aromatic hydroxyl groups is 2. The van der Waals surface area contributed by atoms with Crippen LogP contribution in [0.25, 0.3) is 6.08 Å². The standard InChI is InChI=1S/C36H48O20/c1-48-21-7-4-17(11-19(21)40)9-10-50-36-33(56-34-29(46)26(43)20(41)15-51-34)32(55-35-30(47)28(45)27(44)23(13-37)52-35)31(24(14-38)53-36)54-25(42)8-5-16-3-6-18(39)22(12-16)49-2/h3-8,11-12,20,23-24,26-41,43-47H,9-10,13-15H2,1-2H3. The van der Waals surface area contributed by atoms with E-state index < -0.39 is 112 Å². The fourth-order valence-corrected chi connectivity index (χ4v) is 6.31. The van der Waals surface area contributed by atoms with Gasteiger partial charge in [0.05, 0.1) is 40.6 Å². The topological polar surface area (TPSA) is 302 Å². The molecule has 3 saturated heterocycles. The molecule has 14 atom stereocenters. The van der Waals surface area contributed by atoms with Gasteiger partial charge in [0.1, 0.15) is 61.0 Å². The first kappa shape index (κ1) is 43.4. The lowest BCUT2D eigenvalue weighted by atomic mass is 9.96. The van der Waals surface area contributed by atoms with E-state index in [1.807, 2.05) is 0 Å². The highest BCUT2D eigenvalue weighted by molar-refractivity contribution is 5.87. The van der Waals surface area contributed by atoms with Crippen molar-refractivity contribution < 1.29 is 98.5 Å². The molecule has 3 aliphatic rings. The normalized spacial score (nSPS) is 35.0. The molecule has 0 radical (unpaired) electrons. The molecule has 14 unspecified atom stereocenters. The molecule has 10 N–H and O–H groups in total. The molecule has 20 heteroatoms. The molecule has 0 bridgehead atoms. The van der Waals surface area contributed by atoms with Crippen LogP contribution in [0.3, 0.4) is 0 Å². The molecule has 3 aliphatic heterocycles. The molecule has 0 saturated carbocycles. The molecule has 0 amide bonds. The number of aliphatic hydroxyl groups is 8. The van der Waals surface area contributed by atoms with Crippen LogP contribution in [-0.4, -0.2) is 184 Å². The van der Waals surface area contributed by atoms with Crippen molar-refractivity contribution in [3.63, 3.8) is 0 Å². The van der Waals surface area contributed by atoms with E-state index in [0.29, 0.717) is 11.1 Å².